The van der Waals surface area contributed by atoms with Crippen LogP contribution in [0.3, 0.4) is 0 Å². The predicted octanol–water partition coefficient (Wildman–Crippen LogP) is 3.52. The van der Waals surface area contributed by atoms with Gasteiger partial charge in [0, 0.05) is 17.9 Å². The third-order valence-electron chi connectivity index (χ3n) is 4.88. The Morgan fingerprint density at radius 3 is 2.74 bits per heavy atom. The highest BCUT2D eigenvalue weighted by molar-refractivity contribution is 5.25. The van der Waals surface area contributed by atoms with Crippen LogP contribution in [0.5, 0.6) is 5.75 Å². The van der Waals surface area contributed by atoms with Gasteiger partial charge in [0.2, 0.25) is 0 Å². The summed E-state index contributed by atoms with van der Waals surface area (Å²) in [7, 11) is 0. The van der Waals surface area contributed by atoms with Crippen molar-refractivity contribution in [2.45, 2.75) is 51.2 Å². The summed E-state index contributed by atoms with van der Waals surface area (Å²) in [6.07, 6.45) is 6.16. The third kappa shape index (κ3) is 2.14. The lowest BCUT2D eigenvalue weighted by atomic mass is 9.60. The molecule has 3 rings (SSSR count). The summed E-state index contributed by atoms with van der Waals surface area (Å²) in [5.41, 5.74) is 0.248. The highest BCUT2D eigenvalue weighted by Crippen LogP contribution is 2.54. The molecule has 0 aliphatic heterocycles. The molecule has 19 heavy (non-hydrogen) atoms. The van der Waals surface area contributed by atoms with Crippen LogP contribution in [0.1, 0.15) is 39.0 Å². The summed E-state index contributed by atoms with van der Waals surface area (Å²) in [5, 5.41) is 3.57. The molecule has 2 nitrogen and oxygen atoms in total. The smallest absolute Gasteiger partial charge is 0.165 e. The second kappa shape index (κ2) is 5.12. The second-order valence-corrected chi connectivity index (χ2v) is 5.82. The van der Waals surface area contributed by atoms with E-state index in [1.54, 1.807) is 12.1 Å². The molecule has 0 aromatic heterocycles. The molecule has 2 aliphatic rings. The number of rotatable bonds is 4. The molecule has 1 N–H and O–H groups in total. The Bertz CT molecular complexity index is 442. The fourth-order valence-electron chi connectivity index (χ4n) is 3.84. The van der Waals surface area contributed by atoms with Crippen LogP contribution in [-0.4, -0.2) is 18.7 Å². The number of nitrogens with one attached hydrogen (secondary N) is 1. The number of para-hydroxylation sites is 1. The number of halogens is 1. The van der Waals surface area contributed by atoms with E-state index in [4.69, 9.17) is 4.74 Å². The zero-order chi connectivity index (χ0) is 13.3. The van der Waals surface area contributed by atoms with Gasteiger partial charge in [0.1, 0.15) is 6.10 Å². The molecule has 1 spiro atoms. The lowest BCUT2D eigenvalue weighted by Gasteiger charge is -2.54. The molecule has 2 fully saturated rings. The van der Waals surface area contributed by atoms with Gasteiger partial charge in [-0.3, -0.25) is 0 Å². The lowest BCUT2D eigenvalue weighted by molar-refractivity contribution is -0.0770. The Kier molecular flexibility index (Phi) is 3.48. The Morgan fingerprint density at radius 1 is 1.32 bits per heavy atom. The van der Waals surface area contributed by atoms with Gasteiger partial charge in [-0.15, -0.1) is 0 Å². The van der Waals surface area contributed by atoms with Crippen LogP contribution in [0.4, 0.5) is 4.39 Å². The SMILES string of the molecule is CCNC1CC(Oc2ccccc2F)C12CCCC2. The van der Waals surface area contributed by atoms with Crippen LogP contribution in [-0.2, 0) is 0 Å². The van der Waals surface area contributed by atoms with Gasteiger partial charge in [-0.1, -0.05) is 31.9 Å². The van der Waals surface area contributed by atoms with Crippen molar-refractivity contribution in [3.8, 4) is 5.75 Å². The second-order valence-electron chi connectivity index (χ2n) is 5.82. The average Bonchev–Trinajstić information content (AvgIpc) is 2.92. The lowest BCUT2D eigenvalue weighted by Crippen LogP contribution is -2.63. The molecule has 104 valence electrons. The van der Waals surface area contributed by atoms with E-state index >= 15 is 0 Å². The average molecular weight is 263 g/mol. The van der Waals surface area contributed by atoms with Gasteiger partial charge in [0.25, 0.3) is 0 Å². The standard InChI is InChI=1S/C16H22FNO/c1-2-18-14-11-15(16(14)9-5-6-10-16)19-13-8-4-3-7-12(13)17/h3-4,7-8,14-15,18H,2,5-6,9-11H2,1H3. The predicted molar refractivity (Wildman–Crippen MR) is 73.8 cm³/mol. The van der Waals surface area contributed by atoms with E-state index in [-0.39, 0.29) is 17.3 Å². The van der Waals surface area contributed by atoms with Gasteiger partial charge in [-0.25, -0.2) is 4.39 Å². The van der Waals surface area contributed by atoms with E-state index < -0.39 is 0 Å². The van der Waals surface area contributed by atoms with Crippen LogP contribution < -0.4 is 10.1 Å². The highest BCUT2D eigenvalue weighted by Gasteiger charge is 2.57. The van der Waals surface area contributed by atoms with Crippen LogP contribution in [0.25, 0.3) is 0 Å². The van der Waals surface area contributed by atoms with E-state index in [9.17, 15) is 4.39 Å². The zero-order valence-electron chi connectivity index (χ0n) is 11.5. The van der Waals surface area contributed by atoms with E-state index in [1.807, 2.05) is 6.07 Å². The van der Waals surface area contributed by atoms with Crippen molar-refractivity contribution in [3.05, 3.63) is 30.1 Å². The van der Waals surface area contributed by atoms with E-state index in [0.717, 1.165) is 13.0 Å². The van der Waals surface area contributed by atoms with Crippen molar-refractivity contribution in [1.82, 2.24) is 5.32 Å². The fourth-order valence-corrected chi connectivity index (χ4v) is 3.84. The first-order valence-corrected chi connectivity index (χ1v) is 7.41. The van der Waals surface area contributed by atoms with Crippen molar-refractivity contribution in [1.29, 1.82) is 0 Å². The van der Waals surface area contributed by atoms with Crippen molar-refractivity contribution in [3.63, 3.8) is 0 Å². The number of benzene rings is 1. The maximum Gasteiger partial charge on any atom is 0.165 e. The van der Waals surface area contributed by atoms with E-state index in [1.165, 1.54) is 31.7 Å². The summed E-state index contributed by atoms with van der Waals surface area (Å²) in [4.78, 5) is 0. The monoisotopic (exact) mass is 263 g/mol. The van der Waals surface area contributed by atoms with Crippen LogP contribution >= 0.6 is 0 Å². The molecule has 2 saturated carbocycles. The fraction of sp³-hybridized carbons (Fsp3) is 0.625. The van der Waals surface area contributed by atoms with Gasteiger partial charge < -0.3 is 10.1 Å². The molecule has 2 unspecified atom stereocenters. The summed E-state index contributed by atoms with van der Waals surface area (Å²) in [6.45, 7) is 3.15. The summed E-state index contributed by atoms with van der Waals surface area (Å²) >= 11 is 0. The largest absolute Gasteiger partial charge is 0.487 e. The maximum atomic E-state index is 13.7. The molecular weight excluding hydrogens is 241 g/mol. The first-order chi connectivity index (χ1) is 9.26. The molecule has 0 radical (unpaired) electrons. The van der Waals surface area contributed by atoms with Crippen molar-refractivity contribution < 1.29 is 9.13 Å². The summed E-state index contributed by atoms with van der Waals surface area (Å²) in [5.74, 6) is 0.163. The van der Waals surface area contributed by atoms with Crippen molar-refractivity contribution in [2.24, 2.45) is 5.41 Å². The van der Waals surface area contributed by atoms with Gasteiger partial charge >= 0.3 is 0 Å². The normalized spacial score (nSPS) is 28.3. The van der Waals surface area contributed by atoms with Gasteiger partial charge in [-0.2, -0.15) is 0 Å². The molecular formula is C16H22FNO. The van der Waals surface area contributed by atoms with Gasteiger partial charge in [0.05, 0.1) is 0 Å². The first-order valence-electron chi connectivity index (χ1n) is 7.41. The number of hydrogen-bond acceptors (Lipinski definition) is 2. The van der Waals surface area contributed by atoms with Crippen LogP contribution in [0.2, 0.25) is 0 Å². The van der Waals surface area contributed by atoms with Crippen molar-refractivity contribution in [2.75, 3.05) is 6.54 Å². The molecule has 2 atom stereocenters. The van der Waals surface area contributed by atoms with Crippen LogP contribution in [0.15, 0.2) is 24.3 Å². The Labute approximate surface area is 114 Å². The van der Waals surface area contributed by atoms with Crippen molar-refractivity contribution >= 4 is 0 Å². The molecule has 0 amide bonds. The van der Waals surface area contributed by atoms with Crippen LogP contribution in [0, 0.1) is 11.2 Å². The Balaban J connectivity index is 1.74. The number of ether oxygens (including phenoxy) is 1. The van der Waals surface area contributed by atoms with E-state index in [0.29, 0.717) is 11.8 Å². The molecule has 1 aromatic rings. The van der Waals surface area contributed by atoms with Gasteiger partial charge in [-0.05, 0) is 31.5 Å². The molecule has 0 heterocycles. The first kappa shape index (κ1) is 12.9. The molecule has 0 saturated heterocycles. The third-order valence-corrected chi connectivity index (χ3v) is 4.88. The topological polar surface area (TPSA) is 21.3 Å². The van der Waals surface area contributed by atoms with Gasteiger partial charge in [0.15, 0.2) is 11.6 Å². The molecule has 2 aliphatic carbocycles. The van der Waals surface area contributed by atoms with E-state index in [2.05, 4.69) is 12.2 Å². The number of hydrogen-bond donors (Lipinski definition) is 1. The zero-order valence-corrected chi connectivity index (χ0v) is 11.5. The maximum absolute atomic E-state index is 13.7. The Hall–Kier alpha value is -1.09. The minimum absolute atomic E-state index is 0.177. The molecule has 1 aromatic carbocycles. The highest BCUT2D eigenvalue weighted by atomic mass is 19.1. The minimum Gasteiger partial charge on any atom is -0.487 e. The Morgan fingerprint density at radius 2 is 2.05 bits per heavy atom. The quantitative estimate of drug-likeness (QED) is 0.897. The summed E-state index contributed by atoms with van der Waals surface area (Å²) in [6, 6.07) is 7.29. The summed E-state index contributed by atoms with van der Waals surface area (Å²) < 4.78 is 19.7. The minimum atomic E-state index is -0.248. The molecule has 0 bridgehead atoms. The molecule has 3 heteroatoms.